The maximum absolute atomic E-state index is 11.6. The maximum Gasteiger partial charge on any atom is 0.270 e. The molecule has 0 saturated heterocycles. The third-order valence-electron chi connectivity index (χ3n) is 1.94. The zero-order valence-electron chi connectivity index (χ0n) is 12.1. The molecule has 0 aliphatic rings. The Bertz CT molecular complexity index is 773. The van der Waals surface area contributed by atoms with Gasteiger partial charge in [-0.2, -0.15) is 0 Å². The average molecular weight is 402 g/mol. The van der Waals surface area contributed by atoms with E-state index in [1.165, 1.54) is 17.4 Å². The highest BCUT2D eigenvalue weighted by atomic mass is 35.7. The summed E-state index contributed by atoms with van der Waals surface area (Å²) in [6.45, 7) is 5.45. The Morgan fingerprint density at radius 2 is 1.41 bits per heavy atom. The second kappa shape index (κ2) is 7.41. The van der Waals surface area contributed by atoms with E-state index < -0.39 is 24.6 Å². The standard InChI is InChI=1S/C8H13NO2S2.C4H3ClO2S2/c1-8(2,3)9-13(10,11)7-5-4-6-12-7;5-9(6,7)4-2-1-3-8-4/h4-6,9H,1-3H3;1-3H. The van der Waals surface area contributed by atoms with E-state index >= 15 is 0 Å². The molecule has 0 unspecified atom stereocenters. The van der Waals surface area contributed by atoms with Crippen molar-refractivity contribution in [2.45, 2.75) is 34.7 Å². The fourth-order valence-corrected chi connectivity index (χ4v) is 5.48. The first-order valence-corrected chi connectivity index (χ1v) is 11.5. The van der Waals surface area contributed by atoms with Crippen molar-refractivity contribution in [1.29, 1.82) is 0 Å². The van der Waals surface area contributed by atoms with Gasteiger partial charge in [-0.15, -0.1) is 22.7 Å². The fourth-order valence-electron chi connectivity index (χ4n) is 1.27. The molecule has 0 aromatic carbocycles. The zero-order valence-corrected chi connectivity index (χ0v) is 16.1. The van der Waals surface area contributed by atoms with Gasteiger partial charge in [0.1, 0.15) is 8.42 Å². The van der Waals surface area contributed by atoms with E-state index in [1.807, 2.05) is 20.8 Å². The number of halogens is 1. The molecule has 1 N–H and O–H groups in total. The van der Waals surface area contributed by atoms with Crippen molar-refractivity contribution in [2.75, 3.05) is 0 Å². The van der Waals surface area contributed by atoms with E-state index in [-0.39, 0.29) is 4.21 Å². The third-order valence-corrected chi connectivity index (χ3v) is 8.09. The molecule has 0 atom stereocenters. The van der Waals surface area contributed by atoms with Crippen LogP contribution in [0.4, 0.5) is 0 Å². The number of nitrogens with one attached hydrogen (secondary N) is 1. The van der Waals surface area contributed by atoms with Crippen molar-refractivity contribution in [3.63, 3.8) is 0 Å². The minimum Gasteiger partial charge on any atom is -0.206 e. The maximum atomic E-state index is 11.6. The molecule has 2 aromatic rings. The predicted molar refractivity (Wildman–Crippen MR) is 91.8 cm³/mol. The van der Waals surface area contributed by atoms with Crippen LogP contribution >= 0.6 is 33.4 Å². The van der Waals surface area contributed by atoms with Crippen molar-refractivity contribution in [3.05, 3.63) is 35.0 Å². The van der Waals surface area contributed by atoms with Crippen LogP contribution in [0.1, 0.15) is 20.8 Å². The lowest BCUT2D eigenvalue weighted by Crippen LogP contribution is -2.40. The summed E-state index contributed by atoms with van der Waals surface area (Å²) in [7, 11) is -1.79. The first-order chi connectivity index (χ1) is 9.92. The molecule has 22 heavy (non-hydrogen) atoms. The summed E-state index contributed by atoms with van der Waals surface area (Å²) in [5.41, 5.74) is -0.428. The van der Waals surface area contributed by atoms with Gasteiger partial charge in [0.15, 0.2) is 0 Å². The highest BCUT2D eigenvalue weighted by molar-refractivity contribution is 8.15. The van der Waals surface area contributed by atoms with Gasteiger partial charge in [0.2, 0.25) is 0 Å². The van der Waals surface area contributed by atoms with Gasteiger partial charge in [-0.05, 0) is 43.7 Å². The summed E-state index contributed by atoms with van der Waals surface area (Å²) in [6.07, 6.45) is 0. The number of hydrogen-bond acceptors (Lipinski definition) is 6. The minimum atomic E-state index is -3.47. The van der Waals surface area contributed by atoms with E-state index in [0.29, 0.717) is 4.21 Å². The third kappa shape index (κ3) is 6.76. The predicted octanol–water partition coefficient (Wildman–Crippen LogP) is 3.50. The monoisotopic (exact) mass is 401 g/mol. The molecule has 0 aliphatic carbocycles. The average Bonchev–Trinajstić information content (AvgIpc) is 3.00. The molecule has 0 saturated carbocycles. The molecule has 2 rings (SSSR count). The summed E-state index contributed by atoms with van der Waals surface area (Å²) >= 11 is 2.33. The van der Waals surface area contributed by atoms with Crippen LogP contribution in [-0.2, 0) is 19.1 Å². The smallest absolute Gasteiger partial charge is 0.206 e. The number of hydrogen-bond donors (Lipinski definition) is 1. The molecule has 2 aromatic heterocycles. The van der Waals surface area contributed by atoms with Crippen molar-refractivity contribution < 1.29 is 16.8 Å². The molecule has 124 valence electrons. The summed E-state index contributed by atoms with van der Waals surface area (Å²) in [6, 6.07) is 6.42. The lowest BCUT2D eigenvalue weighted by atomic mass is 10.1. The molecule has 0 radical (unpaired) electrons. The Labute approximate surface area is 143 Å². The summed E-state index contributed by atoms with van der Waals surface area (Å²) < 4.78 is 47.3. The molecule has 0 amide bonds. The van der Waals surface area contributed by atoms with Gasteiger partial charge in [0.25, 0.3) is 19.1 Å². The van der Waals surface area contributed by atoms with Crippen molar-refractivity contribution in [3.8, 4) is 0 Å². The Morgan fingerprint density at radius 1 is 0.955 bits per heavy atom. The van der Waals surface area contributed by atoms with Crippen LogP contribution < -0.4 is 4.72 Å². The van der Waals surface area contributed by atoms with Crippen LogP contribution in [0.3, 0.4) is 0 Å². The van der Waals surface area contributed by atoms with E-state index in [1.54, 1.807) is 29.0 Å². The molecule has 0 aliphatic heterocycles. The SMILES string of the molecule is CC(C)(C)NS(=O)(=O)c1cccs1.O=S(=O)(Cl)c1cccs1. The zero-order chi connectivity index (χ0) is 17.0. The number of thiophene rings is 2. The Balaban J connectivity index is 0.000000235. The first-order valence-electron chi connectivity index (χ1n) is 5.97. The molecule has 10 heteroatoms. The molecule has 0 fully saturated rings. The first kappa shape index (κ1) is 19.6. The molecule has 0 bridgehead atoms. The van der Waals surface area contributed by atoms with E-state index in [4.69, 9.17) is 10.7 Å². The number of sulfonamides is 1. The second-order valence-corrected chi connectivity index (χ2v) is 11.8. The molecule has 5 nitrogen and oxygen atoms in total. The van der Waals surface area contributed by atoms with E-state index in [9.17, 15) is 16.8 Å². The quantitative estimate of drug-likeness (QED) is 0.798. The van der Waals surface area contributed by atoms with Crippen molar-refractivity contribution >= 4 is 52.4 Å². The summed E-state index contributed by atoms with van der Waals surface area (Å²) in [5, 5.41) is 3.41. The minimum absolute atomic E-state index is 0.198. The van der Waals surface area contributed by atoms with Gasteiger partial charge >= 0.3 is 0 Å². The van der Waals surface area contributed by atoms with Crippen molar-refractivity contribution in [1.82, 2.24) is 4.72 Å². The van der Waals surface area contributed by atoms with Gasteiger partial charge in [-0.1, -0.05) is 12.1 Å². The van der Waals surface area contributed by atoms with Crippen LogP contribution in [0.5, 0.6) is 0 Å². The highest BCUT2D eigenvalue weighted by Crippen LogP contribution is 2.19. The molecular weight excluding hydrogens is 386 g/mol. The van der Waals surface area contributed by atoms with Crippen LogP contribution in [0.25, 0.3) is 0 Å². The summed E-state index contributed by atoms with van der Waals surface area (Å²) in [5.74, 6) is 0. The van der Waals surface area contributed by atoms with Crippen LogP contribution in [-0.4, -0.2) is 22.4 Å². The molecular formula is C12H16ClNO4S4. The van der Waals surface area contributed by atoms with Crippen LogP contribution in [0, 0.1) is 0 Å². The number of rotatable bonds is 3. The molecule has 2 heterocycles. The normalized spacial score (nSPS) is 12.5. The van der Waals surface area contributed by atoms with Gasteiger partial charge in [-0.3, -0.25) is 0 Å². The van der Waals surface area contributed by atoms with Crippen molar-refractivity contribution in [2.24, 2.45) is 0 Å². The van der Waals surface area contributed by atoms with Crippen LogP contribution in [0.2, 0.25) is 0 Å². The van der Waals surface area contributed by atoms with Crippen LogP contribution in [0.15, 0.2) is 43.4 Å². The second-order valence-electron chi connectivity index (χ2n) is 5.16. The van der Waals surface area contributed by atoms with Gasteiger partial charge in [0.05, 0.1) is 0 Å². The fraction of sp³-hybridized carbons (Fsp3) is 0.333. The van der Waals surface area contributed by atoms with E-state index in [0.717, 1.165) is 11.3 Å². The molecule has 0 spiro atoms. The van der Waals surface area contributed by atoms with E-state index in [2.05, 4.69) is 4.72 Å². The lowest BCUT2D eigenvalue weighted by Gasteiger charge is -2.19. The lowest BCUT2D eigenvalue weighted by molar-refractivity contribution is 0.492. The Hall–Kier alpha value is -0.450. The largest absolute Gasteiger partial charge is 0.270 e. The topological polar surface area (TPSA) is 80.3 Å². The Morgan fingerprint density at radius 3 is 1.68 bits per heavy atom. The van der Waals surface area contributed by atoms with Gasteiger partial charge < -0.3 is 0 Å². The summed E-state index contributed by atoms with van der Waals surface area (Å²) in [4.78, 5) is 0. The van der Waals surface area contributed by atoms with Gasteiger partial charge in [-0.25, -0.2) is 21.6 Å². The highest BCUT2D eigenvalue weighted by Gasteiger charge is 2.22. The Kier molecular flexibility index (Phi) is 6.60. The van der Waals surface area contributed by atoms with Gasteiger partial charge in [0, 0.05) is 16.2 Å².